The Morgan fingerprint density at radius 1 is 0.317 bits per heavy atom. The molecule has 4 nitrogen and oxygen atoms in total. The van der Waals surface area contributed by atoms with E-state index in [1.807, 2.05) is 133 Å². The molecule has 60 heavy (non-hydrogen) atoms. The summed E-state index contributed by atoms with van der Waals surface area (Å²) in [6.07, 6.45) is 1.05. The van der Waals surface area contributed by atoms with E-state index in [9.17, 15) is 19.2 Å². The smallest absolute Gasteiger partial charge is 0.234 e. The van der Waals surface area contributed by atoms with Crippen LogP contribution in [0.4, 0.5) is 0 Å². The van der Waals surface area contributed by atoms with Gasteiger partial charge < -0.3 is 0 Å². The van der Waals surface area contributed by atoms with E-state index in [1.165, 1.54) is 21.9 Å². The van der Waals surface area contributed by atoms with E-state index < -0.39 is 0 Å². The number of hydrogen-bond donors (Lipinski definition) is 0. The SMILES string of the molecule is C.C.O=C(Cc1ccccc1)Cc1ccccc1.O=C1C(=O)c2cccc3cccc1c23.O=C1C(c2ccccc2)=C2C(=C1c1ccccc1)c1cccc3cccc2c13. The first-order valence-electron chi connectivity index (χ1n) is 19.3. The molecule has 0 unspecified atom stereocenters. The summed E-state index contributed by atoms with van der Waals surface area (Å²) in [4.78, 5) is 48.6. The van der Waals surface area contributed by atoms with Crippen LogP contribution < -0.4 is 0 Å². The Balaban J connectivity index is 0.000000146. The summed E-state index contributed by atoms with van der Waals surface area (Å²) in [6.45, 7) is 0. The normalized spacial score (nSPS) is 12.9. The molecule has 0 fully saturated rings. The van der Waals surface area contributed by atoms with Gasteiger partial charge in [0.25, 0.3) is 0 Å². The van der Waals surface area contributed by atoms with Gasteiger partial charge in [0.05, 0.1) is 0 Å². The van der Waals surface area contributed by atoms with Crippen LogP contribution in [0.15, 0.2) is 194 Å². The fraction of sp³-hybridized carbons (Fsp3) is 0.0714. The highest BCUT2D eigenvalue weighted by molar-refractivity contribution is 6.61. The highest BCUT2D eigenvalue weighted by atomic mass is 16.2. The van der Waals surface area contributed by atoms with Gasteiger partial charge in [0, 0.05) is 51.6 Å². The van der Waals surface area contributed by atoms with Crippen LogP contribution in [-0.4, -0.2) is 23.1 Å². The minimum Gasteiger partial charge on any atom is -0.299 e. The van der Waals surface area contributed by atoms with Gasteiger partial charge in [-0.25, -0.2) is 0 Å². The molecule has 0 atom stereocenters. The maximum atomic E-state index is 13.7. The molecule has 0 radical (unpaired) electrons. The average Bonchev–Trinajstić information content (AvgIpc) is 3.85. The van der Waals surface area contributed by atoms with Crippen LogP contribution in [0.5, 0.6) is 0 Å². The van der Waals surface area contributed by atoms with Crippen LogP contribution in [-0.2, 0) is 22.4 Å². The number of fused-ring (bicyclic) bond motifs is 3. The molecule has 8 aromatic carbocycles. The minimum absolute atomic E-state index is 0. The first-order chi connectivity index (χ1) is 28.5. The van der Waals surface area contributed by atoms with Crippen LogP contribution >= 0.6 is 0 Å². The molecule has 3 aliphatic carbocycles. The van der Waals surface area contributed by atoms with Crippen molar-refractivity contribution in [1.29, 1.82) is 0 Å². The summed E-state index contributed by atoms with van der Waals surface area (Å²) in [5.74, 6) is -0.375. The zero-order chi connectivity index (χ0) is 39.6. The molecule has 0 aliphatic heterocycles. The van der Waals surface area contributed by atoms with Gasteiger partial charge in [-0.2, -0.15) is 0 Å². The number of rotatable bonds is 6. The minimum atomic E-state index is -0.378. The van der Waals surface area contributed by atoms with E-state index in [4.69, 9.17) is 0 Å². The van der Waals surface area contributed by atoms with E-state index in [2.05, 4.69) is 36.4 Å². The predicted octanol–water partition coefficient (Wildman–Crippen LogP) is 12.8. The summed E-state index contributed by atoms with van der Waals surface area (Å²) in [5, 5.41) is 4.24. The second kappa shape index (κ2) is 17.5. The Bertz CT molecular complexity index is 2780. The molecule has 11 rings (SSSR count). The quantitative estimate of drug-likeness (QED) is 0.158. The Kier molecular flexibility index (Phi) is 11.9. The molecule has 0 spiro atoms. The maximum Gasteiger partial charge on any atom is 0.234 e. The van der Waals surface area contributed by atoms with Gasteiger partial charge in [-0.1, -0.05) is 209 Å². The van der Waals surface area contributed by atoms with Crippen molar-refractivity contribution in [2.75, 3.05) is 0 Å². The molecule has 3 aliphatic rings. The van der Waals surface area contributed by atoms with Gasteiger partial charge >= 0.3 is 0 Å². The second-order valence-electron chi connectivity index (χ2n) is 14.5. The number of allylic oxidation sites excluding steroid dienone is 4. The van der Waals surface area contributed by atoms with Gasteiger partial charge in [0.1, 0.15) is 5.78 Å². The van der Waals surface area contributed by atoms with Crippen molar-refractivity contribution in [3.63, 3.8) is 0 Å². The molecular formula is C56H44O4. The number of carbonyl (C=O) groups excluding carboxylic acids is 4. The molecule has 0 saturated heterocycles. The van der Waals surface area contributed by atoms with Gasteiger partial charge in [-0.15, -0.1) is 0 Å². The lowest BCUT2D eigenvalue weighted by atomic mass is 9.93. The van der Waals surface area contributed by atoms with Gasteiger partial charge in [-0.05, 0) is 49.5 Å². The van der Waals surface area contributed by atoms with Crippen LogP contribution in [0.1, 0.15) is 68.9 Å². The Labute approximate surface area is 351 Å². The highest BCUT2D eigenvalue weighted by Gasteiger charge is 2.40. The number of Topliss-reactive ketones (excluding diaryl/α,β-unsaturated/α-hetero) is 4. The molecule has 292 valence electrons. The maximum absolute atomic E-state index is 13.7. The van der Waals surface area contributed by atoms with E-state index in [1.54, 1.807) is 24.3 Å². The third kappa shape index (κ3) is 7.47. The van der Waals surface area contributed by atoms with Crippen LogP contribution in [0, 0.1) is 0 Å². The topological polar surface area (TPSA) is 68.3 Å². The van der Waals surface area contributed by atoms with E-state index >= 15 is 0 Å². The molecule has 0 saturated carbocycles. The van der Waals surface area contributed by atoms with Crippen LogP contribution in [0.25, 0.3) is 43.8 Å². The van der Waals surface area contributed by atoms with E-state index in [0.29, 0.717) is 24.0 Å². The van der Waals surface area contributed by atoms with E-state index in [-0.39, 0.29) is 38.0 Å². The molecule has 0 aromatic heterocycles. The van der Waals surface area contributed by atoms with E-state index in [0.717, 1.165) is 55.3 Å². The number of carbonyl (C=O) groups is 4. The predicted molar refractivity (Wildman–Crippen MR) is 247 cm³/mol. The lowest BCUT2D eigenvalue weighted by Crippen LogP contribution is -2.06. The average molecular weight is 781 g/mol. The van der Waals surface area contributed by atoms with Crippen molar-refractivity contribution in [2.45, 2.75) is 27.7 Å². The number of benzene rings is 8. The molecule has 0 bridgehead atoms. The third-order valence-electron chi connectivity index (χ3n) is 10.9. The van der Waals surface area contributed by atoms with Gasteiger partial charge in [-0.3, -0.25) is 19.2 Å². The first-order valence-corrected chi connectivity index (χ1v) is 19.3. The summed E-state index contributed by atoms with van der Waals surface area (Å²) in [6, 6.07) is 63.5. The summed E-state index contributed by atoms with van der Waals surface area (Å²) < 4.78 is 0. The monoisotopic (exact) mass is 780 g/mol. The lowest BCUT2D eigenvalue weighted by molar-refractivity contribution is -0.117. The summed E-state index contributed by atoms with van der Waals surface area (Å²) >= 11 is 0. The summed E-state index contributed by atoms with van der Waals surface area (Å²) in [5.41, 5.74) is 11.4. The Morgan fingerprint density at radius 2 is 0.633 bits per heavy atom. The van der Waals surface area contributed by atoms with Crippen molar-refractivity contribution < 1.29 is 19.2 Å². The van der Waals surface area contributed by atoms with Gasteiger partial charge in [0.15, 0.2) is 5.78 Å². The van der Waals surface area contributed by atoms with Crippen molar-refractivity contribution in [2.24, 2.45) is 0 Å². The molecule has 0 amide bonds. The fourth-order valence-electron chi connectivity index (χ4n) is 8.33. The molecule has 0 heterocycles. The standard InChI is InChI=1S/C27H16O.C15H14O.C12H6O2.2CH4/c28-27-23(18-9-3-1-4-10-18)25-20-15-7-13-17-14-8-16-21(22(17)20)26(25)24(27)19-11-5-2-6-12-19;16-15(11-13-7-3-1-4-8-13)12-14-9-5-2-6-10-14;13-11-8-5-1-3-7-4-2-6-9(10(7)8)12(11)14;;/h1-16H;1-10H,11-12H2;1-6H;2*1H4. The van der Waals surface area contributed by atoms with Crippen LogP contribution in [0.3, 0.4) is 0 Å². The Hall–Kier alpha value is -7.56. The number of ketones is 4. The fourth-order valence-corrected chi connectivity index (χ4v) is 8.33. The van der Waals surface area contributed by atoms with Crippen LogP contribution in [0.2, 0.25) is 0 Å². The van der Waals surface area contributed by atoms with Crippen molar-refractivity contribution in [3.8, 4) is 0 Å². The van der Waals surface area contributed by atoms with Crippen molar-refractivity contribution >= 4 is 67.0 Å². The molecule has 8 aromatic rings. The molecular weight excluding hydrogens is 737 g/mol. The zero-order valence-corrected chi connectivity index (χ0v) is 31.5. The van der Waals surface area contributed by atoms with Crippen molar-refractivity contribution in [1.82, 2.24) is 0 Å². The molecule has 0 N–H and O–H groups in total. The van der Waals surface area contributed by atoms with Crippen molar-refractivity contribution in [3.05, 3.63) is 239 Å². The Morgan fingerprint density at radius 3 is 1.00 bits per heavy atom. The lowest BCUT2D eigenvalue weighted by Gasteiger charge is -2.09. The number of hydrogen-bond acceptors (Lipinski definition) is 4. The van der Waals surface area contributed by atoms with Gasteiger partial charge in [0.2, 0.25) is 11.6 Å². The third-order valence-corrected chi connectivity index (χ3v) is 10.9. The largest absolute Gasteiger partial charge is 0.299 e. The zero-order valence-electron chi connectivity index (χ0n) is 31.5. The summed E-state index contributed by atoms with van der Waals surface area (Å²) in [7, 11) is 0. The second-order valence-corrected chi connectivity index (χ2v) is 14.5. The first kappa shape index (κ1) is 40.6. The molecule has 4 heteroatoms. The highest BCUT2D eigenvalue weighted by Crippen LogP contribution is 2.56.